The molecule has 2 N–H and O–H groups in total. The van der Waals surface area contributed by atoms with E-state index in [-0.39, 0.29) is 11.6 Å². The molecule has 1 rings (SSSR count). The number of hydrogen-bond acceptors (Lipinski definition) is 3. The van der Waals surface area contributed by atoms with Crippen LogP contribution in [0.15, 0.2) is 18.2 Å². The normalized spacial score (nSPS) is 12.3. The predicted molar refractivity (Wildman–Crippen MR) is 62.8 cm³/mol. The molecule has 0 radical (unpaired) electrons. The number of benzene rings is 1. The number of ether oxygens (including phenoxy) is 1. The van der Waals surface area contributed by atoms with Crippen molar-refractivity contribution in [3.63, 3.8) is 0 Å². The van der Waals surface area contributed by atoms with E-state index < -0.39 is 17.8 Å². The first-order valence-corrected chi connectivity index (χ1v) is 5.28. The van der Waals surface area contributed by atoms with Crippen molar-refractivity contribution in [2.24, 2.45) is 5.92 Å². The molecular formula is C12H16FNO3. The van der Waals surface area contributed by atoms with Crippen molar-refractivity contribution >= 4 is 11.7 Å². The summed E-state index contributed by atoms with van der Waals surface area (Å²) >= 11 is 0. The van der Waals surface area contributed by atoms with Gasteiger partial charge in [0.15, 0.2) is 0 Å². The molecule has 0 aliphatic carbocycles. The van der Waals surface area contributed by atoms with E-state index in [0.717, 1.165) is 0 Å². The van der Waals surface area contributed by atoms with E-state index in [9.17, 15) is 9.18 Å². The number of carbonyl (C=O) groups is 1. The van der Waals surface area contributed by atoms with Crippen LogP contribution in [0.25, 0.3) is 0 Å². The van der Waals surface area contributed by atoms with Crippen molar-refractivity contribution in [1.29, 1.82) is 0 Å². The lowest BCUT2D eigenvalue weighted by Gasteiger charge is -2.19. The van der Waals surface area contributed by atoms with E-state index in [1.54, 1.807) is 19.9 Å². The van der Waals surface area contributed by atoms with E-state index in [1.165, 1.54) is 19.2 Å². The zero-order valence-corrected chi connectivity index (χ0v) is 10.0. The molecular weight excluding hydrogens is 225 g/mol. The molecule has 17 heavy (non-hydrogen) atoms. The van der Waals surface area contributed by atoms with Crippen LogP contribution in [-0.2, 0) is 4.79 Å². The summed E-state index contributed by atoms with van der Waals surface area (Å²) in [4.78, 5) is 11.0. The lowest BCUT2D eigenvalue weighted by atomic mass is 10.0. The molecule has 1 aromatic rings. The summed E-state index contributed by atoms with van der Waals surface area (Å²) in [5.41, 5.74) is 0.159. The number of anilines is 1. The Morgan fingerprint density at radius 1 is 1.47 bits per heavy atom. The van der Waals surface area contributed by atoms with Gasteiger partial charge in [0.25, 0.3) is 0 Å². The van der Waals surface area contributed by atoms with Gasteiger partial charge in [-0.15, -0.1) is 0 Å². The molecule has 0 saturated heterocycles. The standard InChI is InChI=1S/C12H16FNO3/c1-7(2)11(12(15)16)14-10-5-4-8(17-3)6-9(10)13/h4-7,11,14H,1-3H3,(H,15,16). The second kappa shape index (κ2) is 5.52. The van der Waals surface area contributed by atoms with Crippen LogP contribution < -0.4 is 10.1 Å². The highest BCUT2D eigenvalue weighted by atomic mass is 19.1. The van der Waals surface area contributed by atoms with Crippen LogP contribution in [0.2, 0.25) is 0 Å². The van der Waals surface area contributed by atoms with Gasteiger partial charge in [0, 0.05) is 6.07 Å². The maximum absolute atomic E-state index is 13.6. The van der Waals surface area contributed by atoms with Gasteiger partial charge in [-0.25, -0.2) is 9.18 Å². The molecule has 0 aliphatic heterocycles. The first-order valence-electron chi connectivity index (χ1n) is 5.28. The average Bonchev–Trinajstić information content (AvgIpc) is 2.26. The zero-order chi connectivity index (χ0) is 13.0. The van der Waals surface area contributed by atoms with Crippen molar-refractivity contribution in [3.05, 3.63) is 24.0 Å². The van der Waals surface area contributed by atoms with Gasteiger partial charge in [-0.2, -0.15) is 0 Å². The highest BCUT2D eigenvalue weighted by Crippen LogP contribution is 2.22. The lowest BCUT2D eigenvalue weighted by Crippen LogP contribution is -2.34. The Morgan fingerprint density at radius 2 is 2.12 bits per heavy atom. The molecule has 0 amide bonds. The minimum Gasteiger partial charge on any atom is -0.497 e. The van der Waals surface area contributed by atoms with E-state index >= 15 is 0 Å². The minimum atomic E-state index is -1.00. The Bertz CT molecular complexity index is 407. The van der Waals surface area contributed by atoms with E-state index in [0.29, 0.717) is 5.75 Å². The van der Waals surface area contributed by atoms with Gasteiger partial charge in [-0.05, 0) is 18.1 Å². The summed E-state index contributed by atoms with van der Waals surface area (Å²) in [5, 5.41) is 11.7. The quantitative estimate of drug-likeness (QED) is 0.830. The SMILES string of the molecule is COc1ccc(NC(C(=O)O)C(C)C)c(F)c1. The van der Waals surface area contributed by atoms with Crippen molar-refractivity contribution < 1.29 is 19.0 Å². The van der Waals surface area contributed by atoms with Crippen molar-refractivity contribution in [2.45, 2.75) is 19.9 Å². The first-order chi connectivity index (χ1) is 7.95. The number of nitrogens with one attached hydrogen (secondary N) is 1. The summed E-state index contributed by atoms with van der Waals surface area (Å²) in [5.74, 6) is -1.29. The molecule has 4 nitrogen and oxygen atoms in total. The molecule has 0 spiro atoms. The fourth-order valence-corrected chi connectivity index (χ4v) is 1.42. The van der Waals surface area contributed by atoms with Crippen LogP contribution in [0.1, 0.15) is 13.8 Å². The molecule has 0 saturated carbocycles. The highest BCUT2D eigenvalue weighted by molar-refractivity contribution is 5.77. The van der Waals surface area contributed by atoms with Crippen LogP contribution in [-0.4, -0.2) is 24.2 Å². The van der Waals surface area contributed by atoms with Crippen LogP contribution in [0.4, 0.5) is 10.1 Å². The van der Waals surface area contributed by atoms with E-state index in [2.05, 4.69) is 5.32 Å². The fraction of sp³-hybridized carbons (Fsp3) is 0.417. The Hall–Kier alpha value is -1.78. The number of carboxylic acids is 1. The zero-order valence-electron chi connectivity index (χ0n) is 10.0. The summed E-state index contributed by atoms with van der Waals surface area (Å²) in [6.07, 6.45) is 0. The Balaban J connectivity index is 2.90. The van der Waals surface area contributed by atoms with Crippen molar-refractivity contribution in [2.75, 3.05) is 12.4 Å². The highest BCUT2D eigenvalue weighted by Gasteiger charge is 2.22. The number of rotatable bonds is 5. The van der Waals surface area contributed by atoms with E-state index in [1.807, 2.05) is 0 Å². The maximum atomic E-state index is 13.6. The Kier molecular flexibility index (Phi) is 4.31. The minimum absolute atomic E-state index is 0.144. The maximum Gasteiger partial charge on any atom is 0.326 e. The van der Waals surface area contributed by atoms with Crippen LogP contribution >= 0.6 is 0 Å². The average molecular weight is 241 g/mol. The van der Waals surface area contributed by atoms with Crippen molar-refractivity contribution in [3.8, 4) is 5.75 Å². The molecule has 0 bridgehead atoms. The van der Waals surface area contributed by atoms with Gasteiger partial charge in [-0.3, -0.25) is 0 Å². The summed E-state index contributed by atoms with van der Waals surface area (Å²) in [6.45, 7) is 3.51. The van der Waals surface area contributed by atoms with Crippen LogP contribution in [0, 0.1) is 11.7 Å². The third kappa shape index (κ3) is 3.34. The topological polar surface area (TPSA) is 58.6 Å². The van der Waals surface area contributed by atoms with Gasteiger partial charge < -0.3 is 15.2 Å². The molecule has 1 unspecified atom stereocenters. The van der Waals surface area contributed by atoms with Gasteiger partial charge >= 0.3 is 5.97 Å². The number of aliphatic carboxylic acids is 1. The molecule has 94 valence electrons. The third-order valence-electron chi connectivity index (χ3n) is 2.42. The number of methoxy groups -OCH3 is 1. The van der Waals surface area contributed by atoms with Gasteiger partial charge in [0.05, 0.1) is 12.8 Å². The predicted octanol–water partition coefficient (Wildman–Crippen LogP) is 2.36. The van der Waals surface area contributed by atoms with Crippen molar-refractivity contribution in [1.82, 2.24) is 0 Å². The van der Waals surface area contributed by atoms with Gasteiger partial charge in [-0.1, -0.05) is 13.8 Å². The first kappa shape index (κ1) is 13.3. The largest absolute Gasteiger partial charge is 0.497 e. The van der Waals surface area contributed by atoms with Gasteiger partial charge in [0.2, 0.25) is 0 Å². The number of halogens is 1. The molecule has 0 aromatic heterocycles. The molecule has 1 aromatic carbocycles. The Labute approximate surface area is 99.4 Å². The third-order valence-corrected chi connectivity index (χ3v) is 2.42. The van der Waals surface area contributed by atoms with Crippen LogP contribution in [0.5, 0.6) is 5.75 Å². The summed E-state index contributed by atoms with van der Waals surface area (Å²) in [7, 11) is 1.44. The molecule has 0 heterocycles. The molecule has 5 heteroatoms. The second-order valence-electron chi connectivity index (χ2n) is 4.05. The monoisotopic (exact) mass is 241 g/mol. The Morgan fingerprint density at radius 3 is 2.53 bits per heavy atom. The number of carboxylic acid groups (broad SMARTS) is 1. The molecule has 0 aliphatic rings. The smallest absolute Gasteiger partial charge is 0.326 e. The molecule has 1 atom stereocenters. The van der Waals surface area contributed by atoms with Crippen LogP contribution in [0.3, 0.4) is 0 Å². The number of hydrogen-bond donors (Lipinski definition) is 2. The summed E-state index contributed by atoms with van der Waals surface area (Å²) in [6, 6.07) is 3.43. The second-order valence-corrected chi connectivity index (χ2v) is 4.05. The summed E-state index contributed by atoms with van der Waals surface area (Å²) < 4.78 is 18.5. The van der Waals surface area contributed by atoms with E-state index in [4.69, 9.17) is 9.84 Å². The lowest BCUT2D eigenvalue weighted by molar-refractivity contribution is -0.138. The molecule has 0 fully saturated rings. The fourth-order valence-electron chi connectivity index (χ4n) is 1.42. The van der Waals surface area contributed by atoms with Gasteiger partial charge in [0.1, 0.15) is 17.6 Å².